The second kappa shape index (κ2) is 6.13. The average molecular weight is 315 g/mol. The van der Waals surface area contributed by atoms with Crippen molar-refractivity contribution >= 4 is 5.71 Å². The van der Waals surface area contributed by atoms with Gasteiger partial charge in [0.05, 0.1) is 0 Å². The van der Waals surface area contributed by atoms with E-state index in [1.807, 2.05) is 0 Å². The maximum absolute atomic E-state index is 13.3. The van der Waals surface area contributed by atoms with Crippen molar-refractivity contribution in [3.63, 3.8) is 0 Å². The Balaban J connectivity index is 2.52. The Kier molecular flexibility index (Phi) is 4.44. The first-order valence-electron chi connectivity index (χ1n) is 6.13. The molecule has 0 spiro atoms. The molecule has 22 heavy (non-hydrogen) atoms. The van der Waals surface area contributed by atoms with E-state index in [1.165, 1.54) is 0 Å². The van der Waals surface area contributed by atoms with E-state index in [4.69, 9.17) is 5.21 Å². The summed E-state index contributed by atoms with van der Waals surface area (Å²) in [5.41, 5.74) is -1.07. The molecule has 1 atom stereocenters. The van der Waals surface area contributed by atoms with Crippen LogP contribution in [0.25, 0.3) is 0 Å². The quantitative estimate of drug-likeness (QED) is 0.385. The first-order valence-corrected chi connectivity index (χ1v) is 6.13. The van der Waals surface area contributed by atoms with Crippen LogP contribution in [0.4, 0.5) is 22.0 Å². The fourth-order valence-electron chi connectivity index (χ4n) is 2.06. The van der Waals surface area contributed by atoms with E-state index in [1.54, 1.807) is 0 Å². The number of benzene rings is 2. The van der Waals surface area contributed by atoms with Crippen LogP contribution in [0.1, 0.15) is 17.0 Å². The molecule has 2 rings (SSSR count). The van der Waals surface area contributed by atoms with Crippen molar-refractivity contribution < 1.29 is 27.2 Å². The predicted octanol–water partition coefficient (Wildman–Crippen LogP) is 4.49. The molecule has 2 nitrogen and oxygen atoms in total. The highest BCUT2D eigenvalue weighted by Gasteiger charge is 2.45. The normalized spacial score (nSPS) is 14.0. The van der Waals surface area contributed by atoms with Gasteiger partial charge in [0, 0.05) is 5.56 Å². The number of nitrogens with zero attached hydrogens (tertiary/aromatic N) is 1. The summed E-state index contributed by atoms with van der Waals surface area (Å²) in [6.45, 7) is 0. The Bertz CT molecular complexity index is 662. The topological polar surface area (TPSA) is 32.6 Å². The first-order chi connectivity index (χ1) is 10.3. The van der Waals surface area contributed by atoms with Gasteiger partial charge in [-0.05, 0) is 29.8 Å². The van der Waals surface area contributed by atoms with Crippen LogP contribution in [-0.2, 0) is 0 Å². The lowest BCUT2D eigenvalue weighted by Crippen LogP contribution is -2.29. The van der Waals surface area contributed by atoms with Crippen molar-refractivity contribution in [3.8, 4) is 0 Å². The van der Waals surface area contributed by atoms with Crippen LogP contribution < -0.4 is 0 Å². The molecule has 7 heteroatoms. The summed E-state index contributed by atoms with van der Waals surface area (Å²) in [5.74, 6) is -3.58. The molecule has 1 N–H and O–H groups in total. The van der Waals surface area contributed by atoms with Crippen LogP contribution in [0.3, 0.4) is 0 Å². The van der Waals surface area contributed by atoms with Gasteiger partial charge in [0.2, 0.25) is 0 Å². The largest absolute Gasteiger partial charge is 0.411 e. The third-order valence-corrected chi connectivity index (χ3v) is 3.05. The molecule has 0 amide bonds. The van der Waals surface area contributed by atoms with Gasteiger partial charge in [-0.2, -0.15) is 13.2 Å². The van der Waals surface area contributed by atoms with Crippen LogP contribution in [-0.4, -0.2) is 17.1 Å². The van der Waals surface area contributed by atoms with Gasteiger partial charge in [0.15, 0.2) is 0 Å². The Hall–Kier alpha value is -2.44. The van der Waals surface area contributed by atoms with Gasteiger partial charge < -0.3 is 5.21 Å². The number of rotatable bonds is 3. The average Bonchev–Trinajstić information content (AvgIpc) is 2.46. The Morgan fingerprint density at radius 1 is 0.864 bits per heavy atom. The minimum atomic E-state index is -4.77. The van der Waals surface area contributed by atoms with Gasteiger partial charge in [-0.25, -0.2) is 8.78 Å². The molecule has 2 aromatic carbocycles. The Morgan fingerprint density at radius 3 is 1.73 bits per heavy atom. The molecular weight excluding hydrogens is 305 g/mol. The van der Waals surface area contributed by atoms with E-state index in [9.17, 15) is 22.0 Å². The Morgan fingerprint density at radius 2 is 1.32 bits per heavy atom. The lowest BCUT2D eigenvalue weighted by Gasteiger charge is -2.22. The number of hydrogen-bond acceptors (Lipinski definition) is 2. The first kappa shape index (κ1) is 15.9. The highest BCUT2D eigenvalue weighted by atomic mass is 19.4. The minimum absolute atomic E-state index is 0.0875. The fraction of sp³-hybridized carbons (Fsp3) is 0.133. The van der Waals surface area contributed by atoms with Crippen molar-refractivity contribution in [2.45, 2.75) is 12.1 Å². The zero-order valence-electron chi connectivity index (χ0n) is 11.0. The van der Waals surface area contributed by atoms with E-state index >= 15 is 0 Å². The monoisotopic (exact) mass is 315 g/mol. The fourth-order valence-corrected chi connectivity index (χ4v) is 2.06. The molecule has 0 radical (unpaired) electrons. The summed E-state index contributed by atoms with van der Waals surface area (Å²) in [6.07, 6.45) is -4.77. The van der Waals surface area contributed by atoms with Crippen LogP contribution in [0, 0.1) is 11.6 Å². The lowest BCUT2D eigenvalue weighted by molar-refractivity contribution is -0.135. The van der Waals surface area contributed by atoms with Gasteiger partial charge >= 0.3 is 6.18 Å². The summed E-state index contributed by atoms with van der Waals surface area (Å²) in [7, 11) is 0. The Labute approximate surface area is 122 Å². The second-order valence-electron chi connectivity index (χ2n) is 4.52. The van der Waals surface area contributed by atoms with E-state index in [0.29, 0.717) is 0 Å². The van der Waals surface area contributed by atoms with Gasteiger partial charge in [0.25, 0.3) is 0 Å². The van der Waals surface area contributed by atoms with E-state index in [2.05, 4.69) is 5.16 Å². The van der Waals surface area contributed by atoms with Crippen molar-refractivity contribution in [1.82, 2.24) is 0 Å². The lowest BCUT2D eigenvalue weighted by atomic mass is 9.89. The van der Waals surface area contributed by atoms with Gasteiger partial charge in [-0.1, -0.05) is 29.4 Å². The highest BCUT2D eigenvalue weighted by molar-refractivity contribution is 6.05. The highest BCUT2D eigenvalue weighted by Crippen LogP contribution is 2.38. The molecular formula is C15H10F5NO. The molecule has 0 aliphatic heterocycles. The second-order valence-corrected chi connectivity index (χ2v) is 4.52. The zero-order chi connectivity index (χ0) is 16.3. The molecule has 0 saturated heterocycles. The molecule has 0 fully saturated rings. The van der Waals surface area contributed by atoms with E-state index < -0.39 is 29.4 Å². The van der Waals surface area contributed by atoms with Gasteiger partial charge in [-0.3, -0.25) is 0 Å². The third-order valence-electron chi connectivity index (χ3n) is 3.05. The molecule has 2 aromatic rings. The maximum atomic E-state index is 13.3. The van der Waals surface area contributed by atoms with Gasteiger partial charge in [0.1, 0.15) is 23.3 Å². The molecule has 0 saturated carbocycles. The number of halogens is 5. The van der Waals surface area contributed by atoms with Crippen molar-refractivity contribution in [2.24, 2.45) is 5.16 Å². The minimum Gasteiger partial charge on any atom is -0.411 e. The predicted molar refractivity (Wildman–Crippen MR) is 69.9 cm³/mol. The van der Waals surface area contributed by atoms with Crippen molar-refractivity contribution in [3.05, 3.63) is 71.3 Å². The standard InChI is InChI=1S/C15H10F5NO/c16-11-5-1-9(2-6-11)13(15(18,19)20)14(21-22)10-3-7-12(17)8-4-10/h1-8,13,22H/b21-14+/t13-/m0/s1. The van der Waals surface area contributed by atoms with E-state index in [-0.39, 0.29) is 11.1 Å². The SMILES string of the molecule is O/N=C(\c1ccc(F)cc1)[C@H](c1ccc(F)cc1)C(F)(F)F. The third kappa shape index (κ3) is 3.41. The molecule has 0 aromatic heterocycles. The van der Waals surface area contributed by atoms with E-state index in [0.717, 1.165) is 48.5 Å². The van der Waals surface area contributed by atoms with Gasteiger partial charge in [-0.15, -0.1) is 0 Å². The molecule has 0 aliphatic rings. The van der Waals surface area contributed by atoms with Crippen LogP contribution >= 0.6 is 0 Å². The molecule has 0 heterocycles. The maximum Gasteiger partial charge on any atom is 0.401 e. The smallest absolute Gasteiger partial charge is 0.401 e. The van der Waals surface area contributed by atoms with Crippen molar-refractivity contribution in [1.29, 1.82) is 0 Å². The summed E-state index contributed by atoms with van der Waals surface area (Å²) < 4.78 is 65.8. The van der Waals surface area contributed by atoms with Crippen LogP contribution in [0.5, 0.6) is 0 Å². The molecule has 0 aliphatic carbocycles. The van der Waals surface area contributed by atoms with Crippen LogP contribution in [0.15, 0.2) is 53.7 Å². The molecule has 116 valence electrons. The summed E-state index contributed by atoms with van der Waals surface area (Å²) in [6, 6.07) is 7.75. The van der Waals surface area contributed by atoms with Crippen LogP contribution in [0.2, 0.25) is 0 Å². The summed E-state index contributed by atoms with van der Waals surface area (Å²) in [5, 5.41) is 11.8. The zero-order valence-corrected chi connectivity index (χ0v) is 11.0. The van der Waals surface area contributed by atoms with Crippen molar-refractivity contribution in [2.75, 3.05) is 0 Å². The summed E-state index contributed by atoms with van der Waals surface area (Å²) >= 11 is 0. The molecule has 0 unspecified atom stereocenters. The number of alkyl halides is 3. The summed E-state index contributed by atoms with van der Waals surface area (Å²) in [4.78, 5) is 0. The number of oxime groups is 1. The molecule has 0 bridgehead atoms. The number of hydrogen-bond donors (Lipinski definition) is 1.